The van der Waals surface area contributed by atoms with Crippen LogP contribution in [0.3, 0.4) is 0 Å². The predicted octanol–water partition coefficient (Wildman–Crippen LogP) is 2.86. The highest BCUT2D eigenvalue weighted by atomic mass is 16.3. The molecule has 0 radical (unpaired) electrons. The molecule has 1 amide bonds. The van der Waals surface area contributed by atoms with Gasteiger partial charge in [-0.3, -0.25) is 4.79 Å². The largest absolute Gasteiger partial charge is 0.469 e. The molecule has 4 heteroatoms. The molecule has 0 bridgehead atoms. The Morgan fingerprint density at radius 3 is 2.50 bits per heavy atom. The van der Waals surface area contributed by atoms with Gasteiger partial charge in [-0.2, -0.15) is 0 Å². The van der Waals surface area contributed by atoms with Crippen LogP contribution >= 0.6 is 0 Å². The van der Waals surface area contributed by atoms with Crippen molar-refractivity contribution in [3.8, 4) is 0 Å². The first-order chi connectivity index (χ1) is 8.56. The van der Waals surface area contributed by atoms with Crippen LogP contribution in [-0.2, 0) is 0 Å². The molecule has 0 aliphatic heterocycles. The number of benzene rings is 1. The first-order valence-electron chi connectivity index (χ1n) is 5.78. The third-order valence-electron chi connectivity index (χ3n) is 2.69. The zero-order valence-electron chi connectivity index (χ0n) is 10.4. The predicted molar refractivity (Wildman–Crippen MR) is 70.4 cm³/mol. The zero-order chi connectivity index (χ0) is 13.1. The van der Waals surface area contributed by atoms with Gasteiger partial charge in [-0.05, 0) is 37.6 Å². The van der Waals surface area contributed by atoms with E-state index in [4.69, 9.17) is 10.2 Å². The van der Waals surface area contributed by atoms with E-state index in [1.807, 2.05) is 31.2 Å². The van der Waals surface area contributed by atoms with Crippen molar-refractivity contribution in [1.29, 1.82) is 0 Å². The summed E-state index contributed by atoms with van der Waals surface area (Å²) in [5.74, 6) is 0.535. The molecule has 2 aromatic rings. The second-order valence-electron chi connectivity index (χ2n) is 4.31. The smallest absolute Gasteiger partial charge is 0.258 e. The van der Waals surface area contributed by atoms with Gasteiger partial charge in [0.1, 0.15) is 12.0 Å². The van der Waals surface area contributed by atoms with Gasteiger partial charge in [-0.1, -0.05) is 12.1 Å². The van der Waals surface area contributed by atoms with Gasteiger partial charge in [-0.15, -0.1) is 0 Å². The summed E-state index contributed by atoms with van der Waals surface area (Å²) in [6.45, 7) is 3.72. The van der Waals surface area contributed by atoms with E-state index in [2.05, 4.69) is 5.32 Å². The second-order valence-corrected chi connectivity index (χ2v) is 4.31. The summed E-state index contributed by atoms with van der Waals surface area (Å²) in [6.07, 6.45) is 1.45. The Morgan fingerprint density at radius 2 is 2.00 bits per heavy atom. The Kier molecular flexibility index (Phi) is 3.48. The fraction of sp³-hybridized carbons (Fsp3) is 0.214. The van der Waals surface area contributed by atoms with E-state index in [0.29, 0.717) is 11.3 Å². The number of aryl methyl sites for hydroxylation is 1. The molecule has 1 aromatic heterocycles. The molecule has 1 unspecified atom stereocenters. The van der Waals surface area contributed by atoms with Gasteiger partial charge in [0, 0.05) is 11.7 Å². The maximum atomic E-state index is 11.9. The molecule has 0 fully saturated rings. The monoisotopic (exact) mass is 244 g/mol. The molecule has 0 aliphatic carbocycles. The van der Waals surface area contributed by atoms with Gasteiger partial charge in [0.15, 0.2) is 0 Å². The van der Waals surface area contributed by atoms with Crippen LogP contribution in [0.25, 0.3) is 0 Å². The van der Waals surface area contributed by atoms with Crippen molar-refractivity contribution in [2.24, 2.45) is 5.73 Å². The normalized spacial score (nSPS) is 12.2. The van der Waals surface area contributed by atoms with Crippen LogP contribution in [-0.4, -0.2) is 5.91 Å². The molecule has 1 aromatic carbocycles. The van der Waals surface area contributed by atoms with Crippen LogP contribution in [0.1, 0.15) is 34.6 Å². The number of furan rings is 1. The van der Waals surface area contributed by atoms with Crippen LogP contribution in [0.5, 0.6) is 0 Å². The standard InChI is InChI=1S/C14H16N2O2/c1-9-7-12(8-18-9)14(17)16-13-5-3-11(4-6-13)10(2)15/h3-8,10H,15H2,1-2H3,(H,16,17). The zero-order valence-corrected chi connectivity index (χ0v) is 10.4. The van der Waals surface area contributed by atoms with Crippen molar-refractivity contribution < 1.29 is 9.21 Å². The van der Waals surface area contributed by atoms with E-state index in [-0.39, 0.29) is 11.9 Å². The SMILES string of the molecule is Cc1cc(C(=O)Nc2ccc(C(C)N)cc2)co1. The summed E-state index contributed by atoms with van der Waals surface area (Å²) in [5.41, 5.74) is 8.05. The van der Waals surface area contributed by atoms with Gasteiger partial charge in [0.05, 0.1) is 5.56 Å². The molecule has 1 heterocycles. The van der Waals surface area contributed by atoms with E-state index < -0.39 is 0 Å². The minimum Gasteiger partial charge on any atom is -0.469 e. The van der Waals surface area contributed by atoms with Gasteiger partial charge >= 0.3 is 0 Å². The van der Waals surface area contributed by atoms with Crippen molar-refractivity contribution in [3.05, 3.63) is 53.5 Å². The van der Waals surface area contributed by atoms with E-state index >= 15 is 0 Å². The second kappa shape index (κ2) is 5.06. The number of nitrogens with one attached hydrogen (secondary N) is 1. The molecular weight excluding hydrogens is 228 g/mol. The van der Waals surface area contributed by atoms with Crippen molar-refractivity contribution in [2.75, 3.05) is 5.32 Å². The van der Waals surface area contributed by atoms with Gasteiger partial charge in [-0.25, -0.2) is 0 Å². The minimum atomic E-state index is -0.180. The molecule has 18 heavy (non-hydrogen) atoms. The number of amides is 1. The summed E-state index contributed by atoms with van der Waals surface area (Å²) in [5, 5.41) is 2.80. The Bertz CT molecular complexity index is 541. The topological polar surface area (TPSA) is 68.3 Å². The first-order valence-corrected chi connectivity index (χ1v) is 5.78. The summed E-state index contributed by atoms with van der Waals surface area (Å²) in [6, 6.07) is 9.17. The summed E-state index contributed by atoms with van der Waals surface area (Å²) >= 11 is 0. The van der Waals surface area contributed by atoms with Gasteiger partial charge in [0.2, 0.25) is 0 Å². The molecule has 0 saturated heterocycles. The highest BCUT2D eigenvalue weighted by Crippen LogP contribution is 2.15. The Labute approximate surface area is 106 Å². The third kappa shape index (κ3) is 2.78. The molecule has 2 rings (SSSR count). The van der Waals surface area contributed by atoms with Gasteiger partial charge in [0.25, 0.3) is 5.91 Å². The summed E-state index contributed by atoms with van der Waals surface area (Å²) < 4.78 is 5.10. The lowest BCUT2D eigenvalue weighted by Gasteiger charge is -2.07. The van der Waals surface area contributed by atoms with Crippen LogP contribution in [0.15, 0.2) is 41.0 Å². The number of anilines is 1. The fourth-order valence-corrected chi connectivity index (χ4v) is 1.64. The number of carbonyl (C=O) groups excluding carboxylic acids is 1. The minimum absolute atomic E-state index is 0.00808. The molecule has 0 saturated carbocycles. The maximum absolute atomic E-state index is 11.9. The van der Waals surface area contributed by atoms with Crippen molar-refractivity contribution in [2.45, 2.75) is 19.9 Å². The summed E-state index contributed by atoms with van der Waals surface area (Å²) in [4.78, 5) is 11.9. The number of rotatable bonds is 3. The maximum Gasteiger partial charge on any atom is 0.258 e. The number of hydrogen-bond acceptors (Lipinski definition) is 3. The lowest BCUT2D eigenvalue weighted by molar-refractivity contribution is 0.102. The Balaban J connectivity index is 2.07. The van der Waals surface area contributed by atoms with E-state index in [9.17, 15) is 4.79 Å². The van der Waals surface area contributed by atoms with E-state index in [1.165, 1.54) is 6.26 Å². The molecule has 4 nitrogen and oxygen atoms in total. The molecule has 3 N–H and O–H groups in total. The van der Waals surface area contributed by atoms with Crippen LogP contribution in [0, 0.1) is 6.92 Å². The van der Waals surface area contributed by atoms with Crippen LogP contribution < -0.4 is 11.1 Å². The van der Waals surface area contributed by atoms with Gasteiger partial charge < -0.3 is 15.5 Å². The number of nitrogens with two attached hydrogens (primary N) is 1. The molecule has 0 spiro atoms. The van der Waals surface area contributed by atoms with Crippen molar-refractivity contribution in [3.63, 3.8) is 0 Å². The molecule has 94 valence electrons. The Hall–Kier alpha value is -2.07. The highest BCUT2D eigenvalue weighted by molar-refractivity contribution is 6.04. The Morgan fingerprint density at radius 1 is 1.33 bits per heavy atom. The third-order valence-corrected chi connectivity index (χ3v) is 2.69. The van der Waals surface area contributed by atoms with Crippen molar-refractivity contribution >= 4 is 11.6 Å². The highest BCUT2D eigenvalue weighted by Gasteiger charge is 2.09. The van der Waals surface area contributed by atoms with Crippen LogP contribution in [0.2, 0.25) is 0 Å². The average molecular weight is 244 g/mol. The van der Waals surface area contributed by atoms with E-state index in [1.54, 1.807) is 13.0 Å². The van der Waals surface area contributed by atoms with E-state index in [0.717, 1.165) is 11.3 Å². The van der Waals surface area contributed by atoms with Crippen molar-refractivity contribution in [1.82, 2.24) is 0 Å². The first kappa shape index (κ1) is 12.4. The molecular formula is C14H16N2O2. The quantitative estimate of drug-likeness (QED) is 0.872. The number of hydrogen-bond donors (Lipinski definition) is 2. The fourth-order valence-electron chi connectivity index (χ4n) is 1.64. The number of carbonyl (C=O) groups is 1. The summed E-state index contributed by atoms with van der Waals surface area (Å²) in [7, 11) is 0. The lowest BCUT2D eigenvalue weighted by Crippen LogP contribution is -2.11. The lowest BCUT2D eigenvalue weighted by atomic mass is 10.1. The molecule has 0 aliphatic rings. The average Bonchev–Trinajstić information content (AvgIpc) is 2.76. The molecule has 1 atom stereocenters. The van der Waals surface area contributed by atoms with Crippen LogP contribution in [0.4, 0.5) is 5.69 Å².